The highest BCUT2D eigenvalue weighted by Gasteiger charge is 2.04. The van der Waals surface area contributed by atoms with E-state index in [4.69, 9.17) is 4.74 Å². The molecule has 0 heterocycles. The quantitative estimate of drug-likeness (QED) is 0.540. The van der Waals surface area contributed by atoms with Crippen LogP contribution in [0.1, 0.15) is 45.6 Å². The molecule has 0 fully saturated rings. The number of hydrogen-bond donors (Lipinski definition) is 2. The molecule has 0 atom stereocenters. The summed E-state index contributed by atoms with van der Waals surface area (Å²) in [4.78, 5) is 0. The molecule has 0 saturated carbocycles. The van der Waals surface area contributed by atoms with Gasteiger partial charge in [0.05, 0.1) is 6.61 Å². The second-order valence-electron chi connectivity index (χ2n) is 7.15. The minimum atomic E-state index is 0.528. The zero-order chi connectivity index (χ0) is 18.1. The van der Waals surface area contributed by atoms with Crippen molar-refractivity contribution in [2.45, 2.75) is 40.0 Å². The van der Waals surface area contributed by atoms with Gasteiger partial charge in [0.25, 0.3) is 0 Å². The van der Waals surface area contributed by atoms with Crippen LogP contribution in [0.3, 0.4) is 0 Å². The van der Waals surface area contributed by atoms with Crippen LogP contribution >= 0.6 is 0 Å². The van der Waals surface area contributed by atoms with Gasteiger partial charge in [-0.1, -0.05) is 45.9 Å². The van der Waals surface area contributed by atoms with Crippen molar-refractivity contribution in [3.63, 3.8) is 0 Å². The molecule has 0 radical (unpaired) electrons. The number of nitrogens with one attached hydrogen (secondary N) is 2. The molecule has 0 spiro atoms. The Morgan fingerprint density at radius 3 is 2.20 bits per heavy atom. The lowest BCUT2D eigenvalue weighted by Gasteiger charge is -2.15. The van der Waals surface area contributed by atoms with Gasteiger partial charge in [-0.05, 0) is 54.2 Å². The Balaban J connectivity index is 1.73. The third kappa shape index (κ3) is 6.69. The molecule has 136 valence electrons. The molecule has 2 rings (SSSR count). The Hall–Kier alpha value is -2.16. The van der Waals surface area contributed by atoms with E-state index in [9.17, 15) is 0 Å². The summed E-state index contributed by atoms with van der Waals surface area (Å²) in [6, 6.07) is 16.7. The standard InChI is InChI=1S/C22H32N2O/c1-17(2)13-16-25-20-11-9-19(10-12-20)23-14-15-24-22-8-6-5-7-21(22)18(3)4/h5-12,17-18,23-24H,13-16H2,1-4H3. The molecular weight excluding hydrogens is 308 g/mol. The summed E-state index contributed by atoms with van der Waals surface area (Å²) in [7, 11) is 0. The fraction of sp³-hybridized carbons (Fsp3) is 0.455. The van der Waals surface area contributed by atoms with Crippen LogP contribution in [0, 0.1) is 5.92 Å². The summed E-state index contributed by atoms with van der Waals surface area (Å²) in [5.74, 6) is 2.14. The highest BCUT2D eigenvalue weighted by Crippen LogP contribution is 2.23. The van der Waals surface area contributed by atoms with Crippen LogP contribution in [0.2, 0.25) is 0 Å². The molecule has 0 aromatic heterocycles. The summed E-state index contributed by atoms with van der Waals surface area (Å²) in [6.45, 7) is 11.4. The van der Waals surface area contributed by atoms with Gasteiger partial charge >= 0.3 is 0 Å². The molecule has 3 nitrogen and oxygen atoms in total. The van der Waals surface area contributed by atoms with Crippen LogP contribution in [0.5, 0.6) is 5.75 Å². The zero-order valence-electron chi connectivity index (χ0n) is 16.0. The van der Waals surface area contributed by atoms with Crippen molar-refractivity contribution in [1.82, 2.24) is 0 Å². The van der Waals surface area contributed by atoms with Gasteiger partial charge in [0.15, 0.2) is 0 Å². The van der Waals surface area contributed by atoms with Gasteiger partial charge in [-0.3, -0.25) is 0 Å². The summed E-state index contributed by atoms with van der Waals surface area (Å²) in [5, 5.41) is 6.97. The van der Waals surface area contributed by atoms with Gasteiger partial charge in [0, 0.05) is 24.5 Å². The average molecular weight is 341 g/mol. The molecule has 0 saturated heterocycles. The third-order valence-corrected chi connectivity index (χ3v) is 4.17. The summed E-state index contributed by atoms with van der Waals surface area (Å²) >= 11 is 0. The smallest absolute Gasteiger partial charge is 0.119 e. The van der Waals surface area contributed by atoms with Crippen molar-refractivity contribution in [2.24, 2.45) is 5.92 Å². The number of rotatable bonds is 10. The maximum atomic E-state index is 5.75. The van der Waals surface area contributed by atoms with E-state index in [1.807, 2.05) is 12.1 Å². The summed E-state index contributed by atoms with van der Waals surface area (Å²) < 4.78 is 5.75. The number of para-hydroxylation sites is 1. The summed E-state index contributed by atoms with van der Waals surface area (Å²) in [6.07, 6.45) is 1.09. The molecule has 25 heavy (non-hydrogen) atoms. The van der Waals surface area contributed by atoms with E-state index in [1.165, 1.54) is 11.3 Å². The molecule has 0 aliphatic carbocycles. The third-order valence-electron chi connectivity index (χ3n) is 4.17. The molecule has 0 unspecified atom stereocenters. The second-order valence-corrected chi connectivity index (χ2v) is 7.15. The fourth-order valence-electron chi connectivity index (χ4n) is 2.65. The monoisotopic (exact) mass is 340 g/mol. The zero-order valence-corrected chi connectivity index (χ0v) is 16.0. The Kier molecular flexibility index (Phi) is 7.65. The van der Waals surface area contributed by atoms with E-state index < -0.39 is 0 Å². The minimum absolute atomic E-state index is 0.528. The molecular formula is C22H32N2O. The first-order valence-electron chi connectivity index (χ1n) is 9.35. The second kappa shape index (κ2) is 9.97. The Morgan fingerprint density at radius 1 is 0.840 bits per heavy atom. The first kappa shape index (κ1) is 19.2. The van der Waals surface area contributed by atoms with Crippen LogP contribution < -0.4 is 15.4 Å². The molecule has 0 aliphatic heterocycles. The Morgan fingerprint density at radius 2 is 1.52 bits per heavy atom. The van der Waals surface area contributed by atoms with Gasteiger partial charge < -0.3 is 15.4 Å². The maximum Gasteiger partial charge on any atom is 0.119 e. The highest BCUT2D eigenvalue weighted by molar-refractivity contribution is 5.53. The van der Waals surface area contributed by atoms with Gasteiger partial charge in [0.1, 0.15) is 5.75 Å². The predicted octanol–water partition coefficient (Wildman–Crippen LogP) is 5.76. The predicted molar refractivity (Wildman–Crippen MR) is 109 cm³/mol. The van der Waals surface area contributed by atoms with Gasteiger partial charge in [-0.25, -0.2) is 0 Å². The maximum absolute atomic E-state index is 5.75. The van der Waals surface area contributed by atoms with E-state index in [1.54, 1.807) is 0 Å². The van der Waals surface area contributed by atoms with Crippen molar-refractivity contribution in [3.8, 4) is 5.75 Å². The lowest BCUT2D eigenvalue weighted by molar-refractivity contribution is 0.289. The topological polar surface area (TPSA) is 33.3 Å². The van der Waals surface area contributed by atoms with Crippen LogP contribution in [0.15, 0.2) is 48.5 Å². The SMILES string of the molecule is CC(C)CCOc1ccc(NCCNc2ccccc2C(C)C)cc1. The first-order valence-corrected chi connectivity index (χ1v) is 9.35. The van der Waals surface area contributed by atoms with Crippen molar-refractivity contribution < 1.29 is 4.74 Å². The normalized spacial score (nSPS) is 11.0. The number of hydrogen-bond acceptors (Lipinski definition) is 3. The van der Waals surface area contributed by atoms with Crippen LogP contribution in [-0.4, -0.2) is 19.7 Å². The van der Waals surface area contributed by atoms with Gasteiger partial charge in [-0.15, -0.1) is 0 Å². The average Bonchev–Trinajstić information content (AvgIpc) is 2.60. The van der Waals surface area contributed by atoms with E-state index in [2.05, 4.69) is 74.7 Å². The van der Waals surface area contributed by atoms with E-state index >= 15 is 0 Å². The number of benzene rings is 2. The van der Waals surface area contributed by atoms with Crippen LogP contribution in [0.4, 0.5) is 11.4 Å². The Labute approximate surface area is 152 Å². The molecule has 2 aromatic carbocycles. The lowest BCUT2D eigenvalue weighted by Crippen LogP contribution is -2.14. The van der Waals surface area contributed by atoms with Crippen LogP contribution in [-0.2, 0) is 0 Å². The minimum Gasteiger partial charge on any atom is -0.494 e. The van der Waals surface area contributed by atoms with Crippen molar-refractivity contribution in [3.05, 3.63) is 54.1 Å². The van der Waals surface area contributed by atoms with E-state index in [0.29, 0.717) is 11.8 Å². The largest absolute Gasteiger partial charge is 0.494 e. The van der Waals surface area contributed by atoms with Crippen LogP contribution in [0.25, 0.3) is 0 Å². The fourth-order valence-corrected chi connectivity index (χ4v) is 2.65. The van der Waals surface area contributed by atoms with Crippen molar-refractivity contribution in [1.29, 1.82) is 0 Å². The number of ether oxygens (including phenoxy) is 1. The highest BCUT2D eigenvalue weighted by atomic mass is 16.5. The van der Waals surface area contributed by atoms with Crippen molar-refractivity contribution in [2.75, 3.05) is 30.3 Å². The molecule has 0 amide bonds. The molecule has 2 N–H and O–H groups in total. The molecule has 0 aliphatic rings. The Bertz CT molecular complexity index is 620. The number of anilines is 2. The van der Waals surface area contributed by atoms with E-state index in [-0.39, 0.29) is 0 Å². The molecule has 2 aromatic rings. The molecule has 3 heteroatoms. The van der Waals surface area contributed by atoms with Gasteiger partial charge in [-0.2, -0.15) is 0 Å². The van der Waals surface area contributed by atoms with Crippen molar-refractivity contribution >= 4 is 11.4 Å². The summed E-state index contributed by atoms with van der Waals surface area (Å²) in [5.41, 5.74) is 3.72. The lowest BCUT2D eigenvalue weighted by atomic mass is 10.0. The molecule has 0 bridgehead atoms. The first-order chi connectivity index (χ1) is 12.1. The van der Waals surface area contributed by atoms with E-state index in [0.717, 1.165) is 37.6 Å². The van der Waals surface area contributed by atoms with Gasteiger partial charge in [0.2, 0.25) is 0 Å².